The van der Waals surface area contributed by atoms with E-state index < -0.39 is 5.63 Å². The van der Waals surface area contributed by atoms with Gasteiger partial charge in [-0.1, -0.05) is 15.9 Å². The van der Waals surface area contributed by atoms with E-state index in [1.807, 2.05) is 52.0 Å². The highest BCUT2D eigenvalue weighted by Gasteiger charge is 2.16. The first-order valence-corrected chi connectivity index (χ1v) is 10.6. The molecule has 1 N–H and O–H groups in total. The number of halogens is 1. The number of rotatable bonds is 4. The van der Waals surface area contributed by atoms with E-state index in [4.69, 9.17) is 8.83 Å². The predicted molar refractivity (Wildman–Crippen MR) is 122 cm³/mol. The van der Waals surface area contributed by atoms with Gasteiger partial charge in [-0.05, 0) is 75.1 Å². The van der Waals surface area contributed by atoms with Gasteiger partial charge in [0.05, 0.1) is 0 Å². The lowest BCUT2D eigenvalue weighted by Gasteiger charge is -2.09. The summed E-state index contributed by atoms with van der Waals surface area (Å²) in [7, 11) is 0. The molecule has 6 heteroatoms. The Hall–Kier alpha value is -2.86. The fraction of sp³-hybridized carbons (Fsp3) is 0.250. The zero-order chi connectivity index (χ0) is 21.6. The molecule has 0 saturated carbocycles. The van der Waals surface area contributed by atoms with Crippen molar-refractivity contribution in [3.63, 3.8) is 0 Å². The number of carbonyl (C=O) groups is 1. The fourth-order valence-corrected chi connectivity index (χ4v) is 3.95. The zero-order valence-electron chi connectivity index (χ0n) is 17.3. The Labute approximate surface area is 182 Å². The molecule has 4 rings (SSSR count). The third-order valence-corrected chi connectivity index (χ3v) is 6.52. The van der Waals surface area contributed by atoms with E-state index in [2.05, 4.69) is 21.2 Å². The molecule has 2 heterocycles. The third-order valence-electron chi connectivity index (χ3n) is 5.63. The molecular weight excluding hydrogens is 446 g/mol. The molecule has 2 aromatic heterocycles. The van der Waals surface area contributed by atoms with E-state index in [1.165, 1.54) is 0 Å². The van der Waals surface area contributed by atoms with Crippen molar-refractivity contribution in [1.29, 1.82) is 0 Å². The van der Waals surface area contributed by atoms with Gasteiger partial charge in [-0.2, -0.15) is 0 Å². The molecule has 0 saturated heterocycles. The number of fused-ring (bicyclic) bond motifs is 2. The Bertz CT molecular complexity index is 1360. The average Bonchev–Trinajstić information content (AvgIpc) is 2.96. The Balaban J connectivity index is 1.61. The largest absolute Gasteiger partial charge is 0.461 e. The summed E-state index contributed by atoms with van der Waals surface area (Å²) in [5, 5.41) is 4.76. The number of amides is 1. The summed E-state index contributed by atoms with van der Waals surface area (Å²) < 4.78 is 12.3. The normalized spacial score (nSPS) is 11.4. The maximum absolute atomic E-state index is 12.6. The van der Waals surface area contributed by atoms with Crippen LogP contribution in [0.15, 0.2) is 48.4 Å². The molecule has 2 aromatic carbocycles. The Morgan fingerprint density at radius 2 is 1.67 bits per heavy atom. The van der Waals surface area contributed by atoms with Crippen LogP contribution in [-0.4, -0.2) is 5.91 Å². The summed E-state index contributed by atoms with van der Waals surface area (Å²) in [6.45, 7) is 7.79. The van der Waals surface area contributed by atoms with Crippen LogP contribution in [0.1, 0.15) is 34.4 Å². The number of carbonyl (C=O) groups excluding carboxylic acids is 1. The summed E-state index contributed by atoms with van der Waals surface area (Å²) in [6, 6.07) is 9.41. The van der Waals surface area contributed by atoms with Crippen molar-refractivity contribution in [2.24, 2.45) is 0 Å². The van der Waals surface area contributed by atoms with Gasteiger partial charge in [0, 0.05) is 39.0 Å². The lowest BCUT2D eigenvalue weighted by Crippen LogP contribution is -2.16. The van der Waals surface area contributed by atoms with Crippen LogP contribution >= 0.6 is 15.9 Å². The van der Waals surface area contributed by atoms with Gasteiger partial charge < -0.3 is 14.2 Å². The lowest BCUT2D eigenvalue weighted by molar-refractivity contribution is -0.116. The van der Waals surface area contributed by atoms with Crippen molar-refractivity contribution < 1.29 is 13.6 Å². The molecule has 154 valence electrons. The van der Waals surface area contributed by atoms with Gasteiger partial charge in [-0.15, -0.1) is 0 Å². The second kappa shape index (κ2) is 7.76. The van der Waals surface area contributed by atoms with Gasteiger partial charge in [0.1, 0.15) is 16.9 Å². The summed E-state index contributed by atoms with van der Waals surface area (Å²) in [4.78, 5) is 25.0. The summed E-state index contributed by atoms with van der Waals surface area (Å²) in [5.74, 6) is 0.702. The summed E-state index contributed by atoms with van der Waals surface area (Å²) >= 11 is 3.45. The van der Waals surface area contributed by atoms with Crippen LogP contribution in [0.2, 0.25) is 0 Å². The van der Waals surface area contributed by atoms with Crippen LogP contribution in [0.5, 0.6) is 0 Å². The van der Waals surface area contributed by atoms with E-state index in [1.54, 1.807) is 6.07 Å². The van der Waals surface area contributed by atoms with Gasteiger partial charge in [0.25, 0.3) is 0 Å². The predicted octanol–water partition coefficient (Wildman–Crippen LogP) is 6.11. The first-order valence-electron chi connectivity index (χ1n) is 9.76. The van der Waals surface area contributed by atoms with Crippen molar-refractivity contribution in [2.75, 3.05) is 5.32 Å². The molecule has 1 amide bonds. The van der Waals surface area contributed by atoms with Crippen LogP contribution in [0.4, 0.5) is 5.69 Å². The molecule has 0 aliphatic heterocycles. The number of hydrogen-bond acceptors (Lipinski definition) is 4. The van der Waals surface area contributed by atoms with Crippen LogP contribution in [0, 0.1) is 27.7 Å². The van der Waals surface area contributed by atoms with E-state index in [0.717, 1.165) is 43.4 Å². The van der Waals surface area contributed by atoms with E-state index in [9.17, 15) is 9.59 Å². The number of hydrogen-bond donors (Lipinski definition) is 1. The molecule has 0 unspecified atom stereocenters. The van der Waals surface area contributed by atoms with Crippen molar-refractivity contribution in [1.82, 2.24) is 0 Å². The zero-order valence-corrected chi connectivity index (χ0v) is 18.9. The molecular formula is C24H22BrNO4. The monoisotopic (exact) mass is 467 g/mol. The summed E-state index contributed by atoms with van der Waals surface area (Å²) in [6.07, 6.45) is 0.505. The molecule has 0 fully saturated rings. The fourth-order valence-electron chi connectivity index (χ4n) is 3.70. The highest BCUT2D eigenvalue weighted by Crippen LogP contribution is 2.31. The SMILES string of the molecule is Cc1cc(NC(=O)CCc2c(C)c3cc4c(C)c(C)oc4cc3oc2=O)ccc1Br. The van der Waals surface area contributed by atoms with Crippen molar-refractivity contribution in [3.8, 4) is 0 Å². The highest BCUT2D eigenvalue weighted by atomic mass is 79.9. The molecule has 0 atom stereocenters. The molecule has 5 nitrogen and oxygen atoms in total. The van der Waals surface area contributed by atoms with Crippen molar-refractivity contribution in [3.05, 3.63) is 73.2 Å². The van der Waals surface area contributed by atoms with E-state index in [-0.39, 0.29) is 12.3 Å². The quantitative estimate of drug-likeness (QED) is 0.367. The molecule has 0 bridgehead atoms. The second-order valence-corrected chi connectivity index (χ2v) is 8.49. The highest BCUT2D eigenvalue weighted by molar-refractivity contribution is 9.10. The maximum Gasteiger partial charge on any atom is 0.339 e. The lowest BCUT2D eigenvalue weighted by atomic mass is 10.0. The Kier molecular flexibility index (Phi) is 5.28. The molecule has 0 aliphatic carbocycles. The second-order valence-electron chi connectivity index (χ2n) is 7.63. The minimum atomic E-state index is -0.411. The van der Waals surface area contributed by atoms with Crippen LogP contribution in [0.3, 0.4) is 0 Å². The molecule has 0 radical (unpaired) electrons. The third kappa shape index (κ3) is 3.67. The number of furan rings is 1. The first-order chi connectivity index (χ1) is 14.2. The van der Waals surface area contributed by atoms with Crippen LogP contribution in [-0.2, 0) is 11.2 Å². The van der Waals surface area contributed by atoms with Gasteiger partial charge in [0.15, 0.2) is 0 Å². The van der Waals surface area contributed by atoms with Gasteiger partial charge in [0.2, 0.25) is 5.91 Å². The van der Waals surface area contributed by atoms with E-state index in [0.29, 0.717) is 23.2 Å². The standard InChI is InChI=1S/C24H22BrNO4/c1-12-9-16(5-7-20(12)25)26-23(27)8-6-17-14(3)19-10-18-13(2)15(4)29-21(18)11-22(19)30-24(17)28/h5,7,9-11H,6,8H2,1-4H3,(H,26,27). The van der Waals surface area contributed by atoms with Crippen LogP contribution in [0.25, 0.3) is 21.9 Å². The molecule has 0 aliphatic rings. The number of anilines is 1. The topological polar surface area (TPSA) is 72.5 Å². The number of nitrogens with one attached hydrogen (secondary N) is 1. The van der Waals surface area contributed by atoms with Crippen LogP contribution < -0.4 is 10.9 Å². The van der Waals surface area contributed by atoms with Gasteiger partial charge in [-0.25, -0.2) is 4.79 Å². The maximum atomic E-state index is 12.6. The molecule has 4 aromatic rings. The molecule has 0 spiro atoms. The van der Waals surface area contributed by atoms with Gasteiger partial charge in [-0.3, -0.25) is 4.79 Å². The number of aryl methyl sites for hydroxylation is 4. The first kappa shape index (κ1) is 20.4. The van der Waals surface area contributed by atoms with Gasteiger partial charge >= 0.3 is 5.63 Å². The minimum absolute atomic E-state index is 0.146. The van der Waals surface area contributed by atoms with E-state index >= 15 is 0 Å². The minimum Gasteiger partial charge on any atom is -0.461 e. The Morgan fingerprint density at radius 1 is 0.967 bits per heavy atom. The summed E-state index contributed by atoms with van der Waals surface area (Å²) in [5.41, 5.74) is 5.01. The number of benzene rings is 2. The Morgan fingerprint density at radius 3 is 2.40 bits per heavy atom. The molecule has 30 heavy (non-hydrogen) atoms. The average molecular weight is 468 g/mol. The smallest absolute Gasteiger partial charge is 0.339 e. The van der Waals surface area contributed by atoms with Crippen molar-refractivity contribution >= 4 is 49.5 Å². The van der Waals surface area contributed by atoms with Crippen molar-refractivity contribution in [2.45, 2.75) is 40.5 Å².